The highest BCUT2D eigenvalue weighted by Gasteiger charge is 2.21. The van der Waals surface area contributed by atoms with Gasteiger partial charge in [0.1, 0.15) is 0 Å². The first-order chi connectivity index (χ1) is 9.25. The summed E-state index contributed by atoms with van der Waals surface area (Å²) in [6.45, 7) is 10.2. The quantitative estimate of drug-likeness (QED) is 0.784. The lowest BCUT2D eigenvalue weighted by molar-refractivity contribution is 0.0519. The van der Waals surface area contributed by atoms with E-state index in [1.807, 2.05) is 6.92 Å². The van der Waals surface area contributed by atoms with Gasteiger partial charge in [0.05, 0.1) is 6.61 Å². The van der Waals surface area contributed by atoms with Crippen molar-refractivity contribution < 1.29 is 9.53 Å². The lowest BCUT2D eigenvalue weighted by Crippen LogP contribution is -2.34. The first kappa shape index (κ1) is 16.9. The summed E-state index contributed by atoms with van der Waals surface area (Å²) >= 11 is 1.49. The van der Waals surface area contributed by atoms with E-state index in [9.17, 15) is 4.79 Å². The zero-order valence-corrected chi connectivity index (χ0v) is 14.1. The lowest BCUT2D eigenvalue weighted by Gasteiger charge is -2.28. The molecule has 0 aliphatic carbocycles. The second kappa shape index (κ2) is 7.04. The van der Waals surface area contributed by atoms with Crippen LogP contribution >= 0.6 is 11.3 Å². The molecule has 0 aliphatic heterocycles. The van der Waals surface area contributed by atoms with Crippen LogP contribution in [0.3, 0.4) is 0 Å². The second-order valence-corrected chi connectivity index (χ2v) is 7.10. The highest BCUT2D eigenvalue weighted by molar-refractivity contribution is 7.15. The Kier molecular flexibility index (Phi) is 5.95. The summed E-state index contributed by atoms with van der Waals surface area (Å²) < 4.78 is 4.99. The number of esters is 1. The fourth-order valence-electron chi connectivity index (χ4n) is 2.09. The van der Waals surface area contributed by atoms with Crippen molar-refractivity contribution in [2.45, 2.75) is 27.7 Å². The molecule has 0 radical (unpaired) electrons. The van der Waals surface area contributed by atoms with Gasteiger partial charge in [0.2, 0.25) is 0 Å². The van der Waals surface area contributed by atoms with Crippen LogP contribution in [0, 0.1) is 12.3 Å². The van der Waals surface area contributed by atoms with E-state index in [-0.39, 0.29) is 11.4 Å². The van der Waals surface area contributed by atoms with Crippen molar-refractivity contribution in [2.75, 3.05) is 39.1 Å². The van der Waals surface area contributed by atoms with Crippen molar-refractivity contribution in [3.8, 4) is 0 Å². The molecule has 0 saturated carbocycles. The number of aryl methyl sites for hydroxylation is 1. The summed E-state index contributed by atoms with van der Waals surface area (Å²) in [4.78, 5) is 19.1. The Morgan fingerprint density at radius 2 is 2.10 bits per heavy atom. The zero-order valence-electron chi connectivity index (χ0n) is 13.2. The van der Waals surface area contributed by atoms with Crippen molar-refractivity contribution in [1.82, 2.24) is 9.88 Å². The minimum atomic E-state index is -0.346. The van der Waals surface area contributed by atoms with E-state index in [1.54, 1.807) is 6.92 Å². The van der Waals surface area contributed by atoms with Crippen LogP contribution in [0.5, 0.6) is 0 Å². The molecule has 0 aliphatic rings. The van der Waals surface area contributed by atoms with E-state index < -0.39 is 0 Å². The second-order valence-electron chi connectivity index (χ2n) is 5.90. The largest absolute Gasteiger partial charge is 0.461 e. The first-order valence-corrected chi connectivity index (χ1v) is 7.60. The minimum Gasteiger partial charge on any atom is -0.461 e. The Labute approximate surface area is 125 Å². The predicted octanol–water partition coefficient (Wildman–Crippen LogP) is 2.63. The van der Waals surface area contributed by atoms with Crippen LogP contribution in [-0.4, -0.2) is 49.6 Å². The van der Waals surface area contributed by atoms with Crippen molar-refractivity contribution in [1.29, 1.82) is 0 Å². The van der Waals surface area contributed by atoms with Gasteiger partial charge in [-0.15, -0.1) is 11.3 Å². The summed E-state index contributed by atoms with van der Waals surface area (Å²) in [5, 5.41) is 4.10. The molecule has 1 rings (SSSR count). The minimum absolute atomic E-state index is 0.132. The molecule has 114 valence electrons. The van der Waals surface area contributed by atoms with Gasteiger partial charge in [0.15, 0.2) is 10.8 Å². The van der Waals surface area contributed by atoms with Crippen LogP contribution in [0.1, 0.15) is 36.1 Å². The Morgan fingerprint density at radius 1 is 1.45 bits per heavy atom. The molecule has 0 amide bonds. The molecular formula is C14H25N3O2S. The number of nitrogens with zero attached hydrogens (tertiary/aromatic N) is 2. The van der Waals surface area contributed by atoms with E-state index in [0.717, 1.165) is 23.1 Å². The molecule has 0 aromatic carbocycles. The smallest absolute Gasteiger partial charge is 0.358 e. The molecular weight excluding hydrogens is 274 g/mol. The molecule has 1 aromatic heterocycles. The summed E-state index contributed by atoms with van der Waals surface area (Å²) in [7, 11) is 4.13. The third-order valence-corrected chi connectivity index (χ3v) is 3.66. The van der Waals surface area contributed by atoms with Gasteiger partial charge in [0.25, 0.3) is 0 Å². The number of carbonyl (C=O) groups is 1. The Morgan fingerprint density at radius 3 is 2.65 bits per heavy atom. The van der Waals surface area contributed by atoms with Crippen LogP contribution in [-0.2, 0) is 4.74 Å². The maximum atomic E-state index is 11.7. The lowest BCUT2D eigenvalue weighted by atomic mass is 9.93. The van der Waals surface area contributed by atoms with E-state index in [2.05, 4.69) is 43.1 Å². The molecule has 0 spiro atoms. The maximum Gasteiger partial charge on any atom is 0.358 e. The van der Waals surface area contributed by atoms with Crippen molar-refractivity contribution >= 4 is 22.4 Å². The van der Waals surface area contributed by atoms with Crippen LogP contribution < -0.4 is 5.32 Å². The van der Waals surface area contributed by atoms with Crippen molar-refractivity contribution in [2.24, 2.45) is 5.41 Å². The molecule has 0 bridgehead atoms. The van der Waals surface area contributed by atoms with E-state index in [4.69, 9.17) is 4.74 Å². The molecule has 5 nitrogen and oxygen atoms in total. The highest BCUT2D eigenvalue weighted by Crippen LogP contribution is 2.24. The fourth-order valence-corrected chi connectivity index (χ4v) is 2.88. The summed E-state index contributed by atoms with van der Waals surface area (Å²) in [6, 6.07) is 0. The van der Waals surface area contributed by atoms with Crippen LogP contribution in [0.2, 0.25) is 0 Å². The summed E-state index contributed by atoms with van der Waals surface area (Å²) in [5.41, 5.74) is 0.553. The van der Waals surface area contributed by atoms with E-state index in [1.165, 1.54) is 11.3 Å². The Hall–Kier alpha value is -1.14. The van der Waals surface area contributed by atoms with Gasteiger partial charge < -0.3 is 15.0 Å². The van der Waals surface area contributed by atoms with Gasteiger partial charge in [-0.2, -0.15) is 0 Å². The third-order valence-electron chi connectivity index (χ3n) is 2.73. The fraction of sp³-hybridized carbons (Fsp3) is 0.714. The molecule has 6 heteroatoms. The molecule has 1 aromatic rings. The zero-order chi connectivity index (χ0) is 15.3. The van der Waals surface area contributed by atoms with Gasteiger partial charge in [-0.25, -0.2) is 9.78 Å². The predicted molar refractivity (Wildman–Crippen MR) is 83.6 cm³/mol. The third kappa shape index (κ3) is 5.09. The number of hydrogen-bond donors (Lipinski definition) is 1. The van der Waals surface area contributed by atoms with Crippen LogP contribution in [0.4, 0.5) is 5.13 Å². The molecule has 1 heterocycles. The maximum absolute atomic E-state index is 11.7. The number of hydrogen-bond acceptors (Lipinski definition) is 6. The van der Waals surface area contributed by atoms with Gasteiger partial charge >= 0.3 is 5.97 Å². The van der Waals surface area contributed by atoms with Crippen molar-refractivity contribution in [3.05, 3.63) is 10.6 Å². The number of nitrogens with one attached hydrogen (secondary N) is 1. The van der Waals surface area contributed by atoms with Crippen LogP contribution in [0.15, 0.2) is 0 Å². The van der Waals surface area contributed by atoms with Gasteiger partial charge in [-0.3, -0.25) is 0 Å². The normalized spacial score (nSPS) is 11.8. The Balaban J connectivity index is 2.66. The summed E-state index contributed by atoms with van der Waals surface area (Å²) in [6.07, 6.45) is 0. The number of carbonyl (C=O) groups excluding carboxylic acids is 1. The SMILES string of the molecule is CCOC(=O)c1nc(NCC(C)(C)CN(C)C)sc1C. The number of ether oxygens (including phenoxy) is 1. The molecule has 0 unspecified atom stereocenters. The van der Waals surface area contributed by atoms with Gasteiger partial charge in [-0.1, -0.05) is 13.8 Å². The number of aromatic nitrogens is 1. The average Bonchev–Trinajstić information content (AvgIpc) is 2.67. The highest BCUT2D eigenvalue weighted by atomic mass is 32.1. The molecule has 0 atom stereocenters. The van der Waals surface area contributed by atoms with Gasteiger partial charge in [0, 0.05) is 18.0 Å². The number of rotatable bonds is 7. The molecule has 20 heavy (non-hydrogen) atoms. The Bertz CT molecular complexity index is 455. The first-order valence-electron chi connectivity index (χ1n) is 6.78. The molecule has 1 N–H and O–H groups in total. The number of thiazole rings is 1. The topological polar surface area (TPSA) is 54.5 Å². The number of anilines is 1. The monoisotopic (exact) mass is 299 g/mol. The molecule has 0 saturated heterocycles. The van der Waals surface area contributed by atoms with Crippen molar-refractivity contribution in [3.63, 3.8) is 0 Å². The summed E-state index contributed by atoms with van der Waals surface area (Å²) in [5.74, 6) is -0.346. The van der Waals surface area contributed by atoms with E-state index in [0.29, 0.717) is 12.3 Å². The van der Waals surface area contributed by atoms with Crippen LogP contribution in [0.25, 0.3) is 0 Å². The van der Waals surface area contributed by atoms with E-state index >= 15 is 0 Å². The van der Waals surface area contributed by atoms with Gasteiger partial charge in [-0.05, 0) is 33.4 Å². The standard InChI is InChI=1S/C14H25N3O2S/c1-7-19-12(18)11-10(2)20-13(16-11)15-8-14(3,4)9-17(5)6/h7-9H2,1-6H3,(H,15,16). The average molecular weight is 299 g/mol. The molecule has 0 fully saturated rings.